The number of hydrogen-bond acceptors (Lipinski definition) is 2. The number of fused-ring (bicyclic) bond motifs is 1. The summed E-state index contributed by atoms with van der Waals surface area (Å²) < 4.78 is 13.1. The van der Waals surface area contributed by atoms with Crippen molar-refractivity contribution in [2.45, 2.75) is 19.0 Å². The van der Waals surface area contributed by atoms with Gasteiger partial charge < -0.3 is 15.1 Å². The molecule has 0 radical (unpaired) electrons. The highest BCUT2D eigenvalue weighted by molar-refractivity contribution is 7.59. The van der Waals surface area contributed by atoms with Gasteiger partial charge in [0.2, 0.25) is 0 Å². The standard InChI is InChI=1S/C20H20NO4P/c1-14(17-11-6-9-15-7-2-4-10-18(15)17)26(24,25)21-19-12-5-3-8-16(19)13-20(22)23/h2-12,14H,13H2,1H3,(H,22,23)(H2,21,24,25). The Kier molecular flexibility index (Phi) is 5.12. The highest BCUT2D eigenvalue weighted by atomic mass is 31.2. The van der Waals surface area contributed by atoms with Crippen LogP contribution in [0.25, 0.3) is 10.8 Å². The van der Waals surface area contributed by atoms with E-state index in [9.17, 15) is 14.3 Å². The Morgan fingerprint density at radius 1 is 1.04 bits per heavy atom. The fourth-order valence-electron chi connectivity index (χ4n) is 3.02. The van der Waals surface area contributed by atoms with E-state index in [1.54, 1.807) is 31.2 Å². The van der Waals surface area contributed by atoms with Crippen LogP contribution in [0.5, 0.6) is 0 Å². The zero-order valence-corrected chi connectivity index (χ0v) is 15.2. The van der Waals surface area contributed by atoms with Gasteiger partial charge >= 0.3 is 5.97 Å². The monoisotopic (exact) mass is 369 g/mol. The Bertz CT molecular complexity index is 997. The van der Waals surface area contributed by atoms with Gasteiger partial charge in [-0.3, -0.25) is 9.36 Å². The zero-order chi connectivity index (χ0) is 18.7. The molecule has 3 aromatic carbocycles. The lowest BCUT2D eigenvalue weighted by molar-refractivity contribution is -0.136. The second kappa shape index (κ2) is 7.32. The minimum atomic E-state index is -3.85. The number of anilines is 1. The summed E-state index contributed by atoms with van der Waals surface area (Å²) in [6.07, 6.45) is -0.216. The molecule has 26 heavy (non-hydrogen) atoms. The molecule has 2 unspecified atom stereocenters. The van der Waals surface area contributed by atoms with Crippen LogP contribution in [0.1, 0.15) is 23.7 Å². The molecule has 0 aliphatic carbocycles. The molecule has 2 atom stereocenters. The molecule has 3 rings (SSSR count). The molecule has 0 bridgehead atoms. The van der Waals surface area contributed by atoms with Crippen LogP contribution in [0.4, 0.5) is 5.69 Å². The molecule has 0 saturated heterocycles. The Morgan fingerprint density at radius 2 is 1.69 bits per heavy atom. The molecule has 0 saturated carbocycles. The number of nitrogens with one attached hydrogen (secondary N) is 1. The SMILES string of the molecule is CC(c1cccc2ccccc12)P(=O)(O)Nc1ccccc1CC(=O)O. The van der Waals surface area contributed by atoms with Crippen LogP contribution in [-0.2, 0) is 15.8 Å². The van der Waals surface area contributed by atoms with Crippen molar-refractivity contribution in [3.05, 3.63) is 77.9 Å². The predicted octanol–water partition coefficient (Wildman–Crippen LogP) is 4.83. The largest absolute Gasteiger partial charge is 0.481 e. The van der Waals surface area contributed by atoms with Crippen molar-refractivity contribution >= 4 is 29.9 Å². The lowest BCUT2D eigenvalue weighted by atomic mass is 10.0. The summed E-state index contributed by atoms with van der Waals surface area (Å²) in [5, 5.41) is 13.7. The predicted molar refractivity (Wildman–Crippen MR) is 104 cm³/mol. The van der Waals surface area contributed by atoms with Crippen LogP contribution in [0, 0.1) is 0 Å². The van der Waals surface area contributed by atoms with Gasteiger partial charge in [0.15, 0.2) is 0 Å². The van der Waals surface area contributed by atoms with E-state index in [2.05, 4.69) is 5.09 Å². The van der Waals surface area contributed by atoms with E-state index in [1.165, 1.54) is 0 Å². The van der Waals surface area contributed by atoms with Gasteiger partial charge in [-0.25, -0.2) is 0 Å². The first-order valence-electron chi connectivity index (χ1n) is 8.26. The highest BCUT2D eigenvalue weighted by Crippen LogP contribution is 2.56. The van der Waals surface area contributed by atoms with Crippen molar-refractivity contribution in [1.29, 1.82) is 0 Å². The number of aliphatic carboxylic acids is 1. The van der Waals surface area contributed by atoms with Crippen molar-refractivity contribution in [3.63, 3.8) is 0 Å². The van der Waals surface area contributed by atoms with Gasteiger partial charge in [-0.15, -0.1) is 0 Å². The number of benzene rings is 3. The third-order valence-electron chi connectivity index (χ3n) is 4.44. The molecule has 0 amide bonds. The summed E-state index contributed by atoms with van der Waals surface area (Å²) in [4.78, 5) is 21.7. The third kappa shape index (κ3) is 3.79. The van der Waals surface area contributed by atoms with E-state index in [0.29, 0.717) is 11.3 Å². The smallest absolute Gasteiger partial charge is 0.307 e. The van der Waals surface area contributed by atoms with Crippen molar-refractivity contribution in [2.24, 2.45) is 0 Å². The molecule has 6 heteroatoms. The Labute approximate surface area is 151 Å². The molecular weight excluding hydrogens is 349 g/mol. The molecule has 0 heterocycles. The van der Waals surface area contributed by atoms with Gasteiger partial charge in [-0.05, 0) is 34.9 Å². The Hall–Kier alpha value is -2.62. The van der Waals surface area contributed by atoms with Gasteiger partial charge in [0, 0.05) is 5.69 Å². The molecule has 5 nitrogen and oxygen atoms in total. The maximum atomic E-state index is 13.1. The van der Waals surface area contributed by atoms with E-state index in [1.807, 2.05) is 42.5 Å². The molecule has 0 aliphatic heterocycles. The van der Waals surface area contributed by atoms with Crippen LogP contribution in [0.15, 0.2) is 66.7 Å². The first-order chi connectivity index (χ1) is 12.4. The number of rotatable bonds is 6. The first-order valence-corrected chi connectivity index (χ1v) is 9.99. The molecule has 3 N–H and O–H groups in total. The van der Waals surface area contributed by atoms with E-state index in [0.717, 1.165) is 16.3 Å². The molecule has 3 aromatic rings. The molecule has 0 aliphatic rings. The Morgan fingerprint density at radius 3 is 2.46 bits per heavy atom. The van der Waals surface area contributed by atoms with Crippen LogP contribution in [-0.4, -0.2) is 16.0 Å². The number of para-hydroxylation sites is 1. The average molecular weight is 369 g/mol. The molecule has 0 spiro atoms. The average Bonchev–Trinajstić information content (AvgIpc) is 2.61. The number of hydrogen-bond donors (Lipinski definition) is 3. The van der Waals surface area contributed by atoms with Crippen LogP contribution in [0.2, 0.25) is 0 Å². The summed E-state index contributed by atoms with van der Waals surface area (Å²) in [6.45, 7) is 1.70. The van der Waals surface area contributed by atoms with E-state index in [4.69, 9.17) is 5.11 Å². The highest BCUT2D eigenvalue weighted by Gasteiger charge is 2.30. The van der Waals surface area contributed by atoms with Crippen molar-refractivity contribution in [3.8, 4) is 0 Å². The Balaban J connectivity index is 1.95. The minimum absolute atomic E-state index is 0.216. The maximum Gasteiger partial charge on any atom is 0.307 e. The summed E-state index contributed by atoms with van der Waals surface area (Å²) in [5.41, 5.74) is 0.954. The van der Waals surface area contributed by atoms with Gasteiger partial charge in [0.25, 0.3) is 7.52 Å². The van der Waals surface area contributed by atoms with Gasteiger partial charge in [-0.2, -0.15) is 0 Å². The normalized spacial score (nSPS) is 14.5. The van der Waals surface area contributed by atoms with E-state index >= 15 is 0 Å². The minimum Gasteiger partial charge on any atom is -0.481 e. The molecular formula is C20H20NO4P. The summed E-state index contributed by atoms with van der Waals surface area (Å²) >= 11 is 0. The van der Waals surface area contributed by atoms with Gasteiger partial charge in [-0.1, -0.05) is 60.7 Å². The topological polar surface area (TPSA) is 86.6 Å². The van der Waals surface area contributed by atoms with Gasteiger partial charge in [0.1, 0.15) is 0 Å². The molecule has 134 valence electrons. The quantitative estimate of drug-likeness (QED) is 0.542. The molecule has 0 fully saturated rings. The van der Waals surface area contributed by atoms with E-state index < -0.39 is 19.1 Å². The van der Waals surface area contributed by atoms with Crippen molar-refractivity contribution in [2.75, 3.05) is 5.09 Å². The van der Waals surface area contributed by atoms with Crippen LogP contribution < -0.4 is 5.09 Å². The third-order valence-corrected chi connectivity index (χ3v) is 6.33. The number of carbonyl (C=O) groups is 1. The summed E-state index contributed by atoms with van der Waals surface area (Å²) in [6, 6.07) is 20.1. The van der Waals surface area contributed by atoms with Crippen molar-refractivity contribution < 1.29 is 19.4 Å². The fourth-order valence-corrected chi connectivity index (χ4v) is 4.38. The zero-order valence-electron chi connectivity index (χ0n) is 14.3. The fraction of sp³-hybridized carbons (Fsp3) is 0.150. The first kappa shape index (κ1) is 18.2. The summed E-state index contributed by atoms with van der Waals surface area (Å²) in [5.74, 6) is -0.992. The number of carboxylic acid groups (broad SMARTS) is 1. The maximum absolute atomic E-state index is 13.1. The van der Waals surface area contributed by atoms with E-state index in [-0.39, 0.29) is 6.42 Å². The van der Waals surface area contributed by atoms with Crippen LogP contribution >= 0.6 is 7.52 Å². The lowest BCUT2D eigenvalue weighted by Gasteiger charge is -2.23. The van der Waals surface area contributed by atoms with Crippen LogP contribution in [0.3, 0.4) is 0 Å². The van der Waals surface area contributed by atoms with Crippen molar-refractivity contribution in [1.82, 2.24) is 0 Å². The lowest BCUT2D eigenvalue weighted by Crippen LogP contribution is -2.08. The second-order valence-corrected chi connectivity index (χ2v) is 8.45. The number of carboxylic acids is 1. The second-order valence-electron chi connectivity index (χ2n) is 6.21. The molecule has 0 aromatic heterocycles. The van der Waals surface area contributed by atoms with Gasteiger partial charge in [0.05, 0.1) is 12.1 Å². The summed E-state index contributed by atoms with van der Waals surface area (Å²) in [7, 11) is -3.85.